The van der Waals surface area contributed by atoms with E-state index in [9.17, 15) is 4.79 Å². The van der Waals surface area contributed by atoms with Crippen molar-refractivity contribution in [1.29, 1.82) is 0 Å². The van der Waals surface area contributed by atoms with E-state index >= 15 is 0 Å². The summed E-state index contributed by atoms with van der Waals surface area (Å²) in [5.41, 5.74) is 11.1. The largest absolute Gasteiger partial charge is 0.397 e. The first-order chi connectivity index (χ1) is 10.2. The lowest BCUT2D eigenvalue weighted by Crippen LogP contribution is -2.05. The van der Waals surface area contributed by atoms with E-state index in [1.54, 1.807) is 0 Å². The van der Waals surface area contributed by atoms with Crippen molar-refractivity contribution >= 4 is 23.0 Å². The molecule has 0 aromatic heterocycles. The Morgan fingerprint density at radius 1 is 1.24 bits per heavy atom. The molecule has 0 spiro atoms. The molecule has 0 saturated carbocycles. The molecule has 0 aliphatic carbocycles. The number of aliphatic hydroxyl groups excluding tert-OH is 1. The number of amides is 1. The molecule has 0 radical (unpaired) electrons. The summed E-state index contributed by atoms with van der Waals surface area (Å²) in [5.74, 6) is -0.00260. The van der Waals surface area contributed by atoms with Crippen molar-refractivity contribution in [3.63, 3.8) is 0 Å². The van der Waals surface area contributed by atoms with Crippen LogP contribution in [0.15, 0.2) is 36.4 Å². The minimum Gasteiger partial charge on any atom is -0.397 e. The van der Waals surface area contributed by atoms with E-state index in [1.807, 2.05) is 36.4 Å². The maximum absolute atomic E-state index is 11.4. The fourth-order valence-electron chi connectivity index (χ4n) is 2.48. The van der Waals surface area contributed by atoms with Crippen LogP contribution < -0.4 is 16.4 Å². The van der Waals surface area contributed by atoms with Gasteiger partial charge in [0.1, 0.15) is 0 Å². The Hall–Kier alpha value is -2.53. The van der Waals surface area contributed by atoms with Gasteiger partial charge in [0.2, 0.25) is 5.91 Å². The number of fused-ring (bicyclic) bond motifs is 1. The minimum atomic E-state index is -0.00260. The van der Waals surface area contributed by atoms with Gasteiger partial charge in [-0.15, -0.1) is 0 Å². The molecular formula is C16H17N3O2. The topological polar surface area (TPSA) is 87.4 Å². The zero-order valence-electron chi connectivity index (χ0n) is 11.5. The van der Waals surface area contributed by atoms with E-state index < -0.39 is 0 Å². The lowest BCUT2D eigenvalue weighted by Gasteiger charge is -2.12. The van der Waals surface area contributed by atoms with Crippen LogP contribution in [0.1, 0.15) is 16.7 Å². The summed E-state index contributed by atoms with van der Waals surface area (Å²) in [6, 6.07) is 11.4. The van der Waals surface area contributed by atoms with Gasteiger partial charge >= 0.3 is 0 Å². The molecule has 3 rings (SSSR count). The van der Waals surface area contributed by atoms with Crippen LogP contribution in [-0.2, 0) is 24.4 Å². The van der Waals surface area contributed by atoms with Crippen LogP contribution >= 0.6 is 0 Å². The molecule has 2 aromatic carbocycles. The van der Waals surface area contributed by atoms with Gasteiger partial charge in [-0.3, -0.25) is 4.79 Å². The summed E-state index contributed by atoms with van der Waals surface area (Å²) < 4.78 is 0. The van der Waals surface area contributed by atoms with Crippen molar-refractivity contribution in [2.75, 3.05) is 16.4 Å². The average Bonchev–Trinajstić information content (AvgIpc) is 2.84. The van der Waals surface area contributed by atoms with Crippen molar-refractivity contribution < 1.29 is 9.90 Å². The third kappa shape index (κ3) is 2.83. The normalized spacial score (nSPS) is 12.9. The highest BCUT2D eigenvalue weighted by Gasteiger charge is 2.19. The summed E-state index contributed by atoms with van der Waals surface area (Å²) >= 11 is 0. The minimum absolute atomic E-state index is 0.00260. The Kier molecular flexibility index (Phi) is 3.50. The van der Waals surface area contributed by atoms with Crippen LogP contribution in [0.5, 0.6) is 0 Å². The molecule has 1 heterocycles. The predicted octanol–water partition coefficient (Wildman–Crippen LogP) is 1.87. The fourth-order valence-corrected chi connectivity index (χ4v) is 2.48. The zero-order chi connectivity index (χ0) is 14.8. The van der Waals surface area contributed by atoms with Crippen molar-refractivity contribution in [2.24, 2.45) is 0 Å². The number of nitrogen functional groups attached to an aromatic ring is 1. The van der Waals surface area contributed by atoms with Gasteiger partial charge < -0.3 is 21.5 Å². The maximum Gasteiger partial charge on any atom is 0.228 e. The Morgan fingerprint density at radius 2 is 2.05 bits per heavy atom. The number of aliphatic hydroxyl groups is 1. The predicted molar refractivity (Wildman–Crippen MR) is 82.9 cm³/mol. The lowest BCUT2D eigenvalue weighted by atomic mass is 10.1. The summed E-state index contributed by atoms with van der Waals surface area (Å²) in [6.45, 7) is 0.631. The SMILES string of the molecule is Nc1cc2c(cc1NCc1cccc(CO)c1)NC(=O)C2. The molecule has 108 valence electrons. The number of carbonyl (C=O) groups excluding carboxylic acids is 1. The van der Waals surface area contributed by atoms with Crippen LogP contribution in [0, 0.1) is 0 Å². The maximum atomic E-state index is 11.4. The Bertz CT molecular complexity index is 698. The van der Waals surface area contributed by atoms with E-state index in [1.165, 1.54) is 0 Å². The smallest absolute Gasteiger partial charge is 0.228 e. The number of nitrogens with two attached hydrogens (primary N) is 1. The van der Waals surface area contributed by atoms with Gasteiger partial charge in [-0.25, -0.2) is 0 Å². The number of nitrogens with one attached hydrogen (secondary N) is 2. The zero-order valence-corrected chi connectivity index (χ0v) is 11.5. The van der Waals surface area contributed by atoms with E-state index in [-0.39, 0.29) is 12.5 Å². The summed E-state index contributed by atoms with van der Waals surface area (Å²) in [6.07, 6.45) is 0.387. The average molecular weight is 283 g/mol. The van der Waals surface area contributed by atoms with Gasteiger partial charge in [-0.2, -0.15) is 0 Å². The first kappa shape index (κ1) is 13.5. The molecule has 1 amide bonds. The third-order valence-corrected chi connectivity index (χ3v) is 3.56. The van der Waals surface area contributed by atoms with Crippen LogP contribution in [-0.4, -0.2) is 11.0 Å². The molecule has 0 bridgehead atoms. The Morgan fingerprint density at radius 3 is 2.86 bits per heavy atom. The van der Waals surface area contributed by atoms with Crippen molar-refractivity contribution in [2.45, 2.75) is 19.6 Å². The molecule has 5 heteroatoms. The van der Waals surface area contributed by atoms with E-state index in [0.717, 1.165) is 28.1 Å². The van der Waals surface area contributed by atoms with Crippen LogP contribution in [0.2, 0.25) is 0 Å². The van der Waals surface area contributed by atoms with Gasteiger partial charge in [0.15, 0.2) is 0 Å². The van der Waals surface area contributed by atoms with Crippen molar-refractivity contribution in [3.8, 4) is 0 Å². The van der Waals surface area contributed by atoms with Crippen molar-refractivity contribution in [3.05, 3.63) is 53.1 Å². The van der Waals surface area contributed by atoms with Gasteiger partial charge in [-0.1, -0.05) is 24.3 Å². The second-order valence-corrected chi connectivity index (χ2v) is 5.15. The molecule has 0 unspecified atom stereocenters. The lowest BCUT2D eigenvalue weighted by molar-refractivity contribution is -0.115. The molecular weight excluding hydrogens is 266 g/mol. The number of hydrogen-bond acceptors (Lipinski definition) is 4. The number of rotatable bonds is 4. The molecule has 0 atom stereocenters. The molecule has 5 N–H and O–H groups in total. The molecule has 0 saturated heterocycles. The Balaban J connectivity index is 1.76. The molecule has 0 fully saturated rings. The first-order valence-electron chi connectivity index (χ1n) is 6.80. The molecule has 1 aliphatic rings. The van der Waals surface area contributed by atoms with E-state index in [0.29, 0.717) is 18.7 Å². The molecule has 5 nitrogen and oxygen atoms in total. The monoisotopic (exact) mass is 283 g/mol. The summed E-state index contributed by atoms with van der Waals surface area (Å²) in [4.78, 5) is 11.4. The van der Waals surface area contributed by atoms with Crippen LogP contribution in [0.4, 0.5) is 17.1 Å². The second kappa shape index (κ2) is 5.46. The first-order valence-corrected chi connectivity index (χ1v) is 6.80. The number of benzene rings is 2. The highest BCUT2D eigenvalue weighted by atomic mass is 16.3. The Labute approximate surface area is 122 Å². The summed E-state index contributed by atoms with van der Waals surface area (Å²) in [7, 11) is 0. The summed E-state index contributed by atoms with van der Waals surface area (Å²) in [5, 5.41) is 15.2. The highest BCUT2D eigenvalue weighted by Crippen LogP contribution is 2.31. The number of anilines is 3. The van der Waals surface area contributed by atoms with Gasteiger partial charge in [0.05, 0.1) is 24.4 Å². The third-order valence-electron chi connectivity index (χ3n) is 3.56. The second-order valence-electron chi connectivity index (χ2n) is 5.15. The van der Waals surface area contributed by atoms with Crippen molar-refractivity contribution in [1.82, 2.24) is 0 Å². The number of hydrogen-bond donors (Lipinski definition) is 4. The molecule has 2 aromatic rings. The molecule has 21 heavy (non-hydrogen) atoms. The van der Waals surface area contributed by atoms with Crippen LogP contribution in [0.3, 0.4) is 0 Å². The van der Waals surface area contributed by atoms with Crippen LogP contribution in [0.25, 0.3) is 0 Å². The van der Waals surface area contributed by atoms with Gasteiger partial charge in [0.25, 0.3) is 0 Å². The fraction of sp³-hybridized carbons (Fsp3) is 0.188. The van der Waals surface area contributed by atoms with E-state index in [4.69, 9.17) is 10.8 Å². The van der Waals surface area contributed by atoms with Gasteiger partial charge in [0, 0.05) is 12.2 Å². The van der Waals surface area contributed by atoms with E-state index in [2.05, 4.69) is 10.6 Å². The quantitative estimate of drug-likeness (QED) is 0.645. The standard InChI is InChI=1S/C16H17N3O2/c17-13-5-12-6-16(21)19-14(12)7-15(13)18-8-10-2-1-3-11(4-10)9-20/h1-5,7,18,20H,6,8-9,17H2,(H,19,21). The van der Waals surface area contributed by atoms with Gasteiger partial charge in [-0.05, 0) is 28.8 Å². The molecule has 1 aliphatic heterocycles. The number of carbonyl (C=O) groups is 1. The highest BCUT2D eigenvalue weighted by molar-refractivity contribution is 6.00.